The highest BCUT2D eigenvalue weighted by Crippen LogP contribution is 2.08. The minimum atomic E-state index is -2.12. The first kappa shape index (κ1) is 7.90. The minimum Gasteiger partial charge on any atom is -0.394 e. The maximum atomic E-state index is 8.84. The van der Waals surface area contributed by atoms with Crippen molar-refractivity contribution in [3.05, 3.63) is 0 Å². The molecule has 1 rings (SSSR count). The molecule has 1 heterocycles. The van der Waals surface area contributed by atoms with E-state index < -0.39 is 12.1 Å². The van der Waals surface area contributed by atoms with Crippen LogP contribution < -0.4 is 5.32 Å². The molecule has 0 radical (unpaired) electrons. The highest BCUT2D eigenvalue weighted by molar-refractivity contribution is 4.71. The number of β-amino-alcohol motifs (C(OH)–C–C–N with tert-alkyl or cyclic N) is 2. The van der Waals surface area contributed by atoms with Crippen LogP contribution in [-0.2, 0) is 4.74 Å². The maximum absolute atomic E-state index is 8.84. The molecule has 1 saturated heterocycles. The van der Waals surface area contributed by atoms with Gasteiger partial charge in [-0.25, -0.2) is 0 Å². The summed E-state index contributed by atoms with van der Waals surface area (Å²) in [5, 5.41) is 28.9. The van der Waals surface area contributed by atoms with Crippen LogP contribution in [0.2, 0.25) is 0 Å². The molecule has 5 nitrogen and oxygen atoms in total. The smallest absolute Gasteiger partial charge is 0.291 e. The normalized spacial score (nSPS) is 32.1. The Morgan fingerprint density at radius 1 is 1.60 bits per heavy atom. The second-order valence-corrected chi connectivity index (χ2v) is 2.30. The first-order valence-corrected chi connectivity index (χ1v) is 3.08. The molecule has 0 aliphatic carbocycles. The van der Waals surface area contributed by atoms with Gasteiger partial charge in [0.05, 0.1) is 19.3 Å². The Labute approximate surface area is 58.2 Å². The quantitative estimate of drug-likeness (QED) is 0.313. The summed E-state index contributed by atoms with van der Waals surface area (Å²) in [7, 11) is 0. The molecule has 60 valence electrons. The number of rotatable bonds is 1. The third kappa shape index (κ3) is 1.89. The van der Waals surface area contributed by atoms with Crippen LogP contribution in [-0.4, -0.2) is 47.1 Å². The molecule has 0 aromatic heterocycles. The lowest BCUT2D eigenvalue weighted by Crippen LogP contribution is -2.54. The molecule has 4 N–H and O–H groups in total. The van der Waals surface area contributed by atoms with Crippen LogP contribution in [0.1, 0.15) is 0 Å². The molecule has 1 unspecified atom stereocenters. The highest BCUT2D eigenvalue weighted by Gasteiger charge is 2.32. The van der Waals surface area contributed by atoms with Crippen molar-refractivity contribution in [2.24, 2.45) is 0 Å². The molecule has 1 fully saturated rings. The zero-order valence-corrected chi connectivity index (χ0v) is 5.45. The summed E-state index contributed by atoms with van der Waals surface area (Å²) in [5.74, 6) is -2.12. The zero-order valence-electron chi connectivity index (χ0n) is 5.45. The summed E-state index contributed by atoms with van der Waals surface area (Å²) in [5.41, 5.74) is 0. The molecular weight excluding hydrogens is 138 g/mol. The van der Waals surface area contributed by atoms with Crippen LogP contribution in [0, 0.1) is 0 Å². The second kappa shape index (κ2) is 2.81. The molecule has 1 atom stereocenters. The maximum Gasteiger partial charge on any atom is 0.291 e. The molecular formula is C5H11NO4. The topological polar surface area (TPSA) is 82.0 Å². The van der Waals surface area contributed by atoms with Gasteiger partial charge in [-0.15, -0.1) is 0 Å². The molecule has 0 saturated carbocycles. The van der Waals surface area contributed by atoms with Crippen molar-refractivity contribution in [3.8, 4) is 0 Å². The van der Waals surface area contributed by atoms with Crippen molar-refractivity contribution in [1.29, 1.82) is 0 Å². The monoisotopic (exact) mass is 149 g/mol. The van der Waals surface area contributed by atoms with Crippen molar-refractivity contribution in [2.75, 3.05) is 19.7 Å². The van der Waals surface area contributed by atoms with E-state index in [-0.39, 0.29) is 13.2 Å². The van der Waals surface area contributed by atoms with E-state index in [9.17, 15) is 0 Å². The van der Waals surface area contributed by atoms with Gasteiger partial charge in [-0.05, 0) is 0 Å². The molecule has 10 heavy (non-hydrogen) atoms. The fraction of sp³-hybridized carbons (Fsp3) is 1.00. The third-order valence-corrected chi connectivity index (χ3v) is 1.29. The molecule has 0 amide bonds. The highest BCUT2D eigenvalue weighted by atomic mass is 16.8. The van der Waals surface area contributed by atoms with E-state index >= 15 is 0 Å². The second-order valence-electron chi connectivity index (χ2n) is 2.30. The van der Waals surface area contributed by atoms with Gasteiger partial charge < -0.3 is 25.4 Å². The van der Waals surface area contributed by atoms with Gasteiger partial charge in [-0.1, -0.05) is 0 Å². The van der Waals surface area contributed by atoms with Crippen LogP contribution in [0.25, 0.3) is 0 Å². The average Bonchev–Trinajstić information content (AvgIpc) is 1.86. The number of aliphatic hydroxyl groups is 3. The lowest BCUT2D eigenvalue weighted by molar-refractivity contribution is -0.363. The lowest BCUT2D eigenvalue weighted by Gasteiger charge is -2.32. The van der Waals surface area contributed by atoms with Crippen molar-refractivity contribution in [2.45, 2.75) is 12.1 Å². The zero-order chi connectivity index (χ0) is 7.61. The first-order valence-electron chi connectivity index (χ1n) is 3.08. The van der Waals surface area contributed by atoms with Crippen molar-refractivity contribution < 1.29 is 20.1 Å². The minimum absolute atomic E-state index is 0.0243. The van der Waals surface area contributed by atoms with Crippen LogP contribution in [0.5, 0.6) is 0 Å². The summed E-state index contributed by atoms with van der Waals surface area (Å²) < 4.78 is 4.62. The molecule has 5 heteroatoms. The van der Waals surface area contributed by atoms with Gasteiger partial charge in [0.2, 0.25) is 0 Å². The van der Waals surface area contributed by atoms with Gasteiger partial charge in [0.1, 0.15) is 0 Å². The van der Waals surface area contributed by atoms with Crippen molar-refractivity contribution in [1.82, 2.24) is 5.32 Å². The molecule has 0 spiro atoms. The molecule has 0 bridgehead atoms. The van der Waals surface area contributed by atoms with Gasteiger partial charge in [-0.3, -0.25) is 0 Å². The van der Waals surface area contributed by atoms with E-state index in [4.69, 9.17) is 15.3 Å². The number of nitrogens with one attached hydrogen (secondary N) is 1. The summed E-state index contributed by atoms with van der Waals surface area (Å²) in [4.78, 5) is 0. The Hall–Kier alpha value is -0.200. The Bertz CT molecular complexity index is 116. The van der Waals surface area contributed by atoms with Crippen molar-refractivity contribution >= 4 is 0 Å². The first-order chi connectivity index (χ1) is 4.64. The van der Waals surface area contributed by atoms with E-state index in [1.54, 1.807) is 0 Å². The molecule has 0 aromatic rings. The van der Waals surface area contributed by atoms with E-state index in [1.165, 1.54) is 0 Å². The largest absolute Gasteiger partial charge is 0.394 e. The fourth-order valence-electron chi connectivity index (χ4n) is 0.848. The Balaban J connectivity index is 2.40. The predicted octanol–water partition coefficient (Wildman–Crippen LogP) is -2.39. The number of aliphatic hydroxyl groups excluding tert-OH is 1. The molecule has 1 aliphatic heterocycles. The summed E-state index contributed by atoms with van der Waals surface area (Å²) in [6.07, 6.45) is -0.524. The standard InChI is InChI=1S/C5H11NO4/c7-2-4-1-6-3-5(8,9)10-4/h4,6-9H,1-3H2. The van der Waals surface area contributed by atoms with E-state index in [0.29, 0.717) is 6.54 Å². The molecule has 0 aromatic carbocycles. The van der Waals surface area contributed by atoms with Gasteiger partial charge in [0.25, 0.3) is 5.97 Å². The van der Waals surface area contributed by atoms with Crippen LogP contribution in [0.4, 0.5) is 0 Å². The number of hydrogen-bond donors (Lipinski definition) is 4. The summed E-state index contributed by atoms with van der Waals surface area (Å²) >= 11 is 0. The SMILES string of the molecule is OCC1CNCC(O)(O)O1. The number of ether oxygens (including phenoxy) is 1. The van der Waals surface area contributed by atoms with E-state index in [0.717, 1.165) is 0 Å². The van der Waals surface area contributed by atoms with Gasteiger partial charge >= 0.3 is 0 Å². The lowest BCUT2D eigenvalue weighted by atomic mass is 10.3. The van der Waals surface area contributed by atoms with Crippen molar-refractivity contribution in [3.63, 3.8) is 0 Å². The average molecular weight is 149 g/mol. The molecule has 1 aliphatic rings. The van der Waals surface area contributed by atoms with Crippen LogP contribution in [0.15, 0.2) is 0 Å². The van der Waals surface area contributed by atoms with Crippen LogP contribution in [0.3, 0.4) is 0 Å². The third-order valence-electron chi connectivity index (χ3n) is 1.29. The summed E-state index contributed by atoms with van der Waals surface area (Å²) in [6, 6.07) is 0. The number of hydrogen-bond acceptors (Lipinski definition) is 5. The van der Waals surface area contributed by atoms with E-state index in [1.807, 2.05) is 0 Å². The van der Waals surface area contributed by atoms with Gasteiger partial charge in [-0.2, -0.15) is 0 Å². The van der Waals surface area contributed by atoms with Gasteiger partial charge in [0.15, 0.2) is 0 Å². The van der Waals surface area contributed by atoms with Gasteiger partial charge in [0, 0.05) is 6.54 Å². The number of morpholine rings is 1. The van der Waals surface area contributed by atoms with E-state index in [2.05, 4.69) is 10.1 Å². The Morgan fingerprint density at radius 2 is 2.30 bits per heavy atom. The summed E-state index contributed by atoms with van der Waals surface area (Å²) in [6.45, 7) is 0.207. The fourth-order valence-corrected chi connectivity index (χ4v) is 0.848. The van der Waals surface area contributed by atoms with Crippen LogP contribution >= 0.6 is 0 Å². The Morgan fingerprint density at radius 3 is 2.70 bits per heavy atom. The Kier molecular flexibility index (Phi) is 2.22. The predicted molar refractivity (Wildman–Crippen MR) is 32.0 cm³/mol.